The summed E-state index contributed by atoms with van der Waals surface area (Å²) in [7, 11) is -3.14. The molecular formula is C10H19N3O3S. The lowest BCUT2D eigenvalue weighted by atomic mass is 10.1. The van der Waals surface area contributed by atoms with Crippen LogP contribution in [-0.2, 0) is 10.0 Å². The Kier molecular flexibility index (Phi) is 3.58. The summed E-state index contributed by atoms with van der Waals surface area (Å²) in [5, 5.41) is 5.67. The minimum atomic E-state index is -3.14. The van der Waals surface area contributed by atoms with E-state index in [1.54, 1.807) is 0 Å². The Morgan fingerprint density at radius 1 is 1.18 bits per heavy atom. The largest absolute Gasteiger partial charge is 0.335 e. The average molecular weight is 261 g/mol. The van der Waals surface area contributed by atoms with Crippen molar-refractivity contribution in [3.05, 3.63) is 0 Å². The summed E-state index contributed by atoms with van der Waals surface area (Å²) < 4.78 is 24.2. The van der Waals surface area contributed by atoms with Gasteiger partial charge in [-0.1, -0.05) is 0 Å². The van der Waals surface area contributed by atoms with Crippen LogP contribution >= 0.6 is 0 Å². The van der Waals surface area contributed by atoms with Crippen LogP contribution in [0.5, 0.6) is 0 Å². The zero-order chi connectivity index (χ0) is 12.5. The van der Waals surface area contributed by atoms with Crippen molar-refractivity contribution in [1.82, 2.24) is 14.9 Å². The van der Waals surface area contributed by atoms with E-state index in [0.29, 0.717) is 19.1 Å². The first-order chi connectivity index (χ1) is 7.95. The van der Waals surface area contributed by atoms with Gasteiger partial charge in [-0.25, -0.2) is 17.5 Å². The fraction of sp³-hybridized carbons (Fsp3) is 0.900. The fourth-order valence-electron chi connectivity index (χ4n) is 2.00. The van der Waals surface area contributed by atoms with Crippen molar-refractivity contribution in [3.8, 4) is 0 Å². The predicted octanol–water partition coefficient (Wildman–Crippen LogP) is -0.128. The molecule has 0 unspecified atom stereocenters. The lowest BCUT2D eigenvalue weighted by Gasteiger charge is -2.31. The number of hydrogen-bond donors (Lipinski definition) is 2. The number of carbonyl (C=O) groups is 1. The van der Waals surface area contributed by atoms with E-state index < -0.39 is 10.0 Å². The van der Waals surface area contributed by atoms with E-state index in [2.05, 4.69) is 10.6 Å². The molecule has 2 amide bonds. The van der Waals surface area contributed by atoms with Crippen LogP contribution in [0.1, 0.15) is 25.7 Å². The van der Waals surface area contributed by atoms with Crippen molar-refractivity contribution in [2.45, 2.75) is 37.8 Å². The molecule has 98 valence electrons. The van der Waals surface area contributed by atoms with Gasteiger partial charge in [-0.05, 0) is 25.7 Å². The summed E-state index contributed by atoms with van der Waals surface area (Å²) in [5.41, 5.74) is 0. The van der Waals surface area contributed by atoms with Crippen LogP contribution in [0.25, 0.3) is 0 Å². The Hall–Kier alpha value is -0.820. The van der Waals surface area contributed by atoms with E-state index >= 15 is 0 Å². The molecule has 0 aromatic heterocycles. The van der Waals surface area contributed by atoms with Crippen LogP contribution in [0.15, 0.2) is 0 Å². The van der Waals surface area contributed by atoms with Crippen LogP contribution in [0.3, 0.4) is 0 Å². The van der Waals surface area contributed by atoms with E-state index in [-0.39, 0.29) is 12.1 Å². The first-order valence-electron chi connectivity index (χ1n) is 5.97. The maximum absolute atomic E-state index is 11.5. The first-order valence-corrected chi connectivity index (χ1v) is 7.82. The number of sulfonamides is 1. The summed E-state index contributed by atoms with van der Waals surface area (Å²) in [6, 6.07) is 0.0784. The Bertz CT molecular complexity index is 392. The third-order valence-corrected chi connectivity index (χ3v) is 4.37. The molecule has 1 aliphatic carbocycles. The normalized spacial score (nSPS) is 26.5. The summed E-state index contributed by atoms with van der Waals surface area (Å²) in [6.45, 7) is 0.943. The molecule has 1 aliphatic heterocycles. The maximum Gasteiger partial charge on any atom is 0.315 e. The van der Waals surface area contributed by atoms with Crippen LogP contribution in [-0.4, -0.2) is 50.2 Å². The van der Waals surface area contributed by atoms with Crippen molar-refractivity contribution in [3.63, 3.8) is 0 Å². The zero-order valence-electron chi connectivity index (χ0n) is 9.98. The van der Waals surface area contributed by atoms with Crippen LogP contribution in [0.2, 0.25) is 0 Å². The van der Waals surface area contributed by atoms with Gasteiger partial charge >= 0.3 is 6.03 Å². The Morgan fingerprint density at radius 3 is 2.41 bits per heavy atom. The summed E-state index contributed by atoms with van der Waals surface area (Å²) in [6.07, 6.45) is 4.94. The second-order valence-electron chi connectivity index (χ2n) is 4.85. The van der Waals surface area contributed by atoms with E-state index in [1.807, 2.05) is 0 Å². The molecule has 1 saturated carbocycles. The third-order valence-electron chi connectivity index (χ3n) is 3.10. The molecule has 2 rings (SSSR count). The van der Waals surface area contributed by atoms with Crippen molar-refractivity contribution in [1.29, 1.82) is 0 Å². The summed E-state index contributed by atoms with van der Waals surface area (Å²) >= 11 is 0. The second kappa shape index (κ2) is 4.81. The highest BCUT2D eigenvalue weighted by atomic mass is 32.2. The maximum atomic E-state index is 11.5. The molecule has 1 saturated heterocycles. The Labute approximate surface area is 102 Å². The number of nitrogens with one attached hydrogen (secondary N) is 2. The number of hydrogen-bond acceptors (Lipinski definition) is 3. The molecule has 1 atom stereocenters. The monoisotopic (exact) mass is 261 g/mol. The van der Waals surface area contributed by atoms with E-state index in [9.17, 15) is 13.2 Å². The molecule has 2 N–H and O–H groups in total. The minimum Gasteiger partial charge on any atom is -0.335 e. The van der Waals surface area contributed by atoms with Crippen LogP contribution in [0, 0.1) is 0 Å². The van der Waals surface area contributed by atoms with Gasteiger partial charge in [0.25, 0.3) is 0 Å². The quantitative estimate of drug-likeness (QED) is 0.743. The molecule has 2 fully saturated rings. The molecule has 17 heavy (non-hydrogen) atoms. The van der Waals surface area contributed by atoms with E-state index in [0.717, 1.165) is 25.7 Å². The van der Waals surface area contributed by atoms with Crippen LogP contribution < -0.4 is 10.6 Å². The van der Waals surface area contributed by atoms with Gasteiger partial charge in [-0.3, -0.25) is 0 Å². The highest BCUT2D eigenvalue weighted by Gasteiger charge is 2.28. The lowest BCUT2D eigenvalue weighted by Crippen LogP contribution is -2.51. The molecule has 0 aromatic carbocycles. The van der Waals surface area contributed by atoms with Crippen molar-refractivity contribution in [2.24, 2.45) is 0 Å². The van der Waals surface area contributed by atoms with E-state index in [1.165, 1.54) is 10.6 Å². The van der Waals surface area contributed by atoms with Crippen LogP contribution in [0.4, 0.5) is 4.79 Å². The fourth-order valence-corrected chi connectivity index (χ4v) is 2.91. The summed E-state index contributed by atoms with van der Waals surface area (Å²) in [5.74, 6) is 0. The van der Waals surface area contributed by atoms with E-state index in [4.69, 9.17) is 0 Å². The SMILES string of the molecule is CS(=O)(=O)N1CCC[C@@H](NC(=O)NC2CC2)C1. The molecule has 0 aromatic rings. The number of urea groups is 1. The predicted molar refractivity (Wildman–Crippen MR) is 64.1 cm³/mol. The molecular weight excluding hydrogens is 242 g/mol. The lowest BCUT2D eigenvalue weighted by molar-refractivity contribution is 0.225. The number of carbonyl (C=O) groups excluding carboxylic acids is 1. The van der Waals surface area contributed by atoms with Gasteiger partial charge < -0.3 is 10.6 Å². The van der Waals surface area contributed by atoms with Crippen molar-refractivity contribution >= 4 is 16.1 Å². The Balaban J connectivity index is 1.82. The van der Waals surface area contributed by atoms with Gasteiger partial charge in [0.2, 0.25) is 10.0 Å². The molecule has 0 spiro atoms. The van der Waals surface area contributed by atoms with Gasteiger partial charge in [0.05, 0.1) is 6.26 Å². The molecule has 6 nitrogen and oxygen atoms in total. The van der Waals surface area contributed by atoms with Crippen molar-refractivity contribution < 1.29 is 13.2 Å². The number of nitrogens with zero attached hydrogens (tertiary/aromatic N) is 1. The highest BCUT2D eigenvalue weighted by Crippen LogP contribution is 2.18. The molecule has 0 bridgehead atoms. The van der Waals surface area contributed by atoms with Crippen molar-refractivity contribution in [2.75, 3.05) is 19.3 Å². The second-order valence-corrected chi connectivity index (χ2v) is 6.83. The van der Waals surface area contributed by atoms with Gasteiger partial charge in [-0.2, -0.15) is 0 Å². The molecule has 0 radical (unpaired) electrons. The first kappa shape index (κ1) is 12.6. The molecule has 1 heterocycles. The van der Waals surface area contributed by atoms with Gasteiger partial charge in [0.1, 0.15) is 0 Å². The van der Waals surface area contributed by atoms with Gasteiger partial charge in [-0.15, -0.1) is 0 Å². The number of piperidine rings is 1. The highest BCUT2D eigenvalue weighted by molar-refractivity contribution is 7.88. The Morgan fingerprint density at radius 2 is 1.82 bits per heavy atom. The zero-order valence-corrected chi connectivity index (χ0v) is 10.8. The van der Waals surface area contributed by atoms with Gasteiger partial charge in [0, 0.05) is 25.2 Å². The smallest absolute Gasteiger partial charge is 0.315 e. The third kappa shape index (κ3) is 3.85. The minimum absolute atomic E-state index is 0.0720. The number of rotatable bonds is 3. The topological polar surface area (TPSA) is 78.5 Å². The van der Waals surface area contributed by atoms with Gasteiger partial charge in [0.15, 0.2) is 0 Å². The number of amides is 2. The molecule has 2 aliphatic rings. The standard InChI is InChI=1S/C10H19N3O3S/c1-17(15,16)13-6-2-3-9(7-13)12-10(14)11-8-4-5-8/h8-9H,2-7H2,1H3,(H2,11,12,14)/t9-/m1/s1. The molecule has 7 heteroatoms. The average Bonchev–Trinajstić information content (AvgIpc) is 3.00. The summed E-state index contributed by atoms with van der Waals surface area (Å²) in [4.78, 5) is 11.5.